The molecule has 0 aliphatic heterocycles. The fourth-order valence-electron chi connectivity index (χ4n) is 1.45. The van der Waals surface area contributed by atoms with Crippen molar-refractivity contribution < 1.29 is 4.74 Å². The van der Waals surface area contributed by atoms with Crippen molar-refractivity contribution in [2.45, 2.75) is 20.0 Å². The fourth-order valence-corrected chi connectivity index (χ4v) is 1.45. The quantitative estimate of drug-likeness (QED) is 0.894. The molecular formula is C13H16N4O. The third-order valence-corrected chi connectivity index (χ3v) is 2.21. The van der Waals surface area contributed by atoms with Gasteiger partial charge in [-0.15, -0.1) is 0 Å². The smallest absolute Gasteiger partial charge is 0.322 e. The van der Waals surface area contributed by atoms with Gasteiger partial charge in [-0.25, -0.2) is 0 Å². The summed E-state index contributed by atoms with van der Waals surface area (Å²) in [5.41, 5.74) is 0.935. The summed E-state index contributed by atoms with van der Waals surface area (Å²) in [4.78, 5) is 12.8. The Morgan fingerprint density at radius 3 is 2.39 bits per heavy atom. The van der Waals surface area contributed by atoms with Crippen molar-refractivity contribution in [3.63, 3.8) is 0 Å². The van der Waals surface area contributed by atoms with Crippen molar-refractivity contribution in [2.24, 2.45) is 0 Å². The van der Waals surface area contributed by atoms with Crippen LogP contribution in [0.15, 0.2) is 30.3 Å². The van der Waals surface area contributed by atoms with Crippen molar-refractivity contribution >= 4 is 5.95 Å². The number of nitrogens with zero attached hydrogens (tertiary/aromatic N) is 3. The monoisotopic (exact) mass is 244 g/mol. The SMILES string of the molecule is CNc1nc(OC(C)C)nc(-c2ccccc2)n1. The summed E-state index contributed by atoms with van der Waals surface area (Å²) in [5.74, 6) is 1.10. The lowest BCUT2D eigenvalue weighted by molar-refractivity contribution is 0.222. The van der Waals surface area contributed by atoms with Crippen LogP contribution in [0, 0.1) is 0 Å². The van der Waals surface area contributed by atoms with Gasteiger partial charge in [0.05, 0.1) is 6.10 Å². The Hall–Kier alpha value is -2.17. The highest BCUT2D eigenvalue weighted by Crippen LogP contribution is 2.18. The van der Waals surface area contributed by atoms with E-state index in [-0.39, 0.29) is 6.10 Å². The molecule has 1 aromatic heterocycles. The summed E-state index contributed by atoms with van der Waals surface area (Å²) >= 11 is 0. The summed E-state index contributed by atoms with van der Waals surface area (Å²) in [6, 6.07) is 10.1. The average Bonchev–Trinajstić information content (AvgIpc) is 2.38. The molecule has 0 saturated heterocycles. The van der Waals surface area contributed by atoms with Gasteiger partial charge in [-0.3, -0.25) is 0 Å². The van der Waals surface area contributed by atoms with Crippen LogP contribution < -0.4 is 10.1 Å². The van der Waals surface area contributed by atoms with Gasteiger partial charge in [0.25, 0.3) is 0 Å². The van der Waals surface area contributed by atoms with Crippen LogP contribution in [0.4, 0.5) is 5.95 Å². The molecule has 0 bridgehead atoms. The second kappa shape index (κ2) is 5.44. The van der Waals surface area contributed by atoms with Crippen molar-refractivity contribution in [2.75, 3.05) is 12.4 Å². The highest BCUT2D eigenvalue weighted by molar-refractivity contribution is 5.56. The summed E-state index contributed by atoms with van der Waals surface area (Å²) in [5, 5.41) is 2.91. The van der Waals surface area contributed by atoms with Gasteiger partial charge in [0.15, 0.2) is 5.82 Å². The highest BCUT2D eigenvalue weighted by atomic mass is 16.5. The lowest BCUT2D eigenvalue weighted by Gasteiger charge is -2.10. The molecule has 5 nitrogen and oxygen atoms in total. The van der Waals surface area contributed by atoms with Gasteiger partial charge in [0, 0.05) is 12.6 Å². The van der Waals surface area contributed by atoms with Crippen molar-refractivity contribution in [3.05, 3.63) is 30.3 Å². The van der Waals surface area contributed by atoms with Gasteiger partial charge < -0.3 is 10.1 Å². The molecule has 2 aromatic rings. The van der Waals surface area contributed by atoms with Crippen LogP contribution in [-0.2, 0) is 0 Å². The predicted octanol–water partition coefficient (Wildman–Crippen LogP) is 2.37. The van der Waals surface area contributed by atoms with E-state index in [0.29, 0.717) is 17.8 Å². The number of hydrogen-bond acceptors (Lipinski definition) is 5. The number of ether oxygens (including phenoxy) is 1. The molecule has 0 unspecified atom stereocenters. The number of rotatable bonds is 4. The molecule has 94 valence electrons. The maximum absolute atomic E-state index is 5.52. The molecule has 18 heavy (non-hydrogen) atoms. The lowest BCUT2D eigenvalue weighted by Crippen LogP contribution is -2.11. The first-order valence-corrected chi connectivity index (χ1v) is 5.85. The van der Waals surface area contributed by atoms with Gasteiger partial charge in [-0.2, -0.15) is 15.0 Å². The van der Waals surface area contributed by atoms with E-state index in [9.17, 15) is 0 Å². The van der Waals surface area contributed by atoms with Crippen LogP contribution in [0.3, 0.4) is 0 Å². The van der Waals surface area contributed by atoms with Crippen LogP contribution in [-0.4, -0.2) is 28.1 Å². The van der Waals surface area contributed by atoms with E-state index in [0.717, 1.165) is 5.56 Å². The zero-order valence-electron chi connectivity index (χ0n) is 10.7. The number of hydrogen-bond donors (Lipinski definition) is 1. The van der Waals surface area contributed by atoms with Crippen molar-refractivity contribution in [1.82, 2.24) is 15.0 Å². The Kier molecular flexibility index (Phi) is 3.72. The maximum Gasteiger partial charge on any atom is 0.322 e. The Morgan fingerprint density at radius 1 is 1.06 bits per heavy atom. The molecule has 0 aliphatic carbocycles. The van der Waals surface area contributed by atoms with Gasteiger partial charge >= 0.3 is 6.01 Å². The first-order valence-electron chi connectivity index (χ1n) is 5.85. The summed E-state index contributed by atoms with van der Waals surface area (Å²) < 4.78 is 5.52. The number of aromatic nitrogens is 3. The Labute approximate surface area is 106 Å². The second-order valence-corrected chi connectivity index (χ2v) is 4.05. The topological polar surface area (TPSA) is 59.9 Å². The molecule has 0 spiro atoms. The molecule has 0 amide bonds. The second-order valence-electron chi connectivity index (χ2n) is 4.05. The number of anilines is 1. The molecule has 5 heteroatoms. The molecule has 0 fully saturated rings. The van der Waals surface area contributed by atoms with E-state index in [2.05, 4.69) is 20.3 Å². The standard InChI is InChI=1S/C13H16N4O/c1-9(2)18-13-16-11(15-12(14-3)17-13)10-7-5-4-6-8-10/h4-9H,1-3H3,(H,14,15,16,17). The van der Waals surface area contributed by atoms with E-state index in [1.54, 1.807) is 7.05 Å². The Morgan fingerprint density at radius 2 is 1.78 bits per heavy atom. The third-order valence-electron chi connectivity index (χ3n) is 2.21. The molecule has 0 atom stereocenters. The summed E-state index contributed by atoms with van der Waals surface area (Å²) in [7, 11) is 1.77. The first-order chi connectivity index (χ1) is 8.69. The van der Waals surface area contributed by atoms with E-state index in [1.807, 2.05) is 44.2 Å². The van der Waals surface area contributed by atoms with Gasteiger partial charge in [0.1, 0.15) is 0 Å². The molecule has 2 rings (SSSR count). The van der Waals surface area contributed by atoms with E-state index in [4.69, 9.17) is 4.74 Å². The van der Waals surface area contributed by atoms with E-state index >= 15 is 0 Å². The largest absolute Gasteiger partial charge is 0.461 e. The molecule has 0 saturated carbocycles. The van der Waals surface area contributed by atoms with Crippen LogP contribution in [0.1, 0.15) is 13.8 Å². The number of nitrogens with one attached hydrogen (secondary N) is 1. The minimum absolute atomic E-state index is 0.0285. The Balaban J connectivity index is 2.41. The maximum atomic E-state index is 5.52. The molecule has 1 N–H and O–H groups in total. The first kappa shape index (κ1) is 12.3. The summed E-state index contributed by atoms with van der Waals surface area (Å²) in [6.07, 6.45) is 0.0285. The van der Waals surface area contributed by atoms with E-state index < -0.39 is 0 Å². The average molecular weight is 244 g/mol. The van der Waals surface area contributed by atoms with Crippen LogP contribution in [0.25, 0.3) is 11.4 Å². The zero-order valence-corrected chi connectivity index (χ0v) is 10.7. The third kappa shape index (κ3) is 2.94. The fraction of sp³-hybridized carbons (Fsp3) is 0.308. The van der Waals surface area contributed by atoms with Gasteiger partial charge in [0.2, 0.25) is 5.95 Å². The van der Waals surface area contributed by atoms with E-state index in [1.165, 1.54) is 0 Å². The van der Waals surface area contributed by atoms with Crippen molar-refractivity contribution in [1.29, 1.82) is 0 Å². The molecule has 0 aliphatic rings. The zero-order chi connectivity index (χ0) is 13.0. The summed E-state index contributed by atoms with van der Waals surface area (Å²) in [6.45, 7) is 3.87. The molecule has 1 heterocycles. The van der Waals surface area contributed by atoms with Crippen LogP contribution >= 0.6 is 0 Å². The molecule has 0 radical (unpaired) electrons. The number of benzene rings is 1. The minimum Gasteiger partial charge on any atom is -0.461 e. The normalized spacial score (nSPS) is 10.4. The van der Waals surface area contributed by atoms with Gasteiger partial charge in [-0.05, 0) is 13.8 Å². The highest BCUT2D eigenvalue weighted by Gasteiger charge is 2.09. The van der Waals surface area contributed by atoms with Crippen LogP contribution in [0.2, 0.25) is 0 Å². The lowest BCUT2D eigenvalue weighted by atomic mass is 10.2. The van der Waals surface area contributed by atoms with Gasteiger partial charge in [-0.1, -0.05) is 30.3 Å². The Bertz CT molecular complexity index is 514. The minimum atomic E-state index is 0.0285. The predicted molar refractivity (Wildman–Crippen MR) is 70.6 cm³/mol. The van der Waals surface area contributed by atoms with Crippen LogP contribution in [0.5, 0.6) is 6.01 Å². The molecular weight excluding hydrogens is 228 g/mol. The van der Waals surface area contributed by atoms with Crippen molar-refractivity contribution in [3.8, 4) is 17.4 Å². The molecule has 1 aromatic carbocycles.